The van der Waals surface area contributed by atoms with Gasteiger partial charge in [0, 0.05) is 35.8 Å². The summed E-state index contributed by atoms with van der Waals surface area (Å²) in [6.45, 7) is 6.10. The summed E-state index contributed by atoms with van der Waals surface area (Å²) in [5.41, 5.74) is 3.28. The molecule has 0 saturated carbocycles. The number of nitrogens with one attached hydrogen (secondary N) is 1. The van der Waals surface area contributed by atoms with Gasteiger partial charge in [-0.25, -0.2) is 0 Å². The molecule has 3 aromatic carbocycles. The molecule has 0 aliphatic carbocycles. The van der Waals surface area contributed by atoms with Crippen LogP contribution in [0, 0.1) is 0 Å². The van der Waals surface area contributed by atoms with E-state index < -0.39 is 0 Å². The number of hydrogen-bond donors (Lipinski definition) is 1. The topological polar surface area (TPSA) is 41.6 Å². The molecule has 170 valence electrons. The fourth-order valence-corrected chi connectivity index (χ4v) is 5.31. The molecule has 1 fully saturated rings. The molecule has 3 aromatic rings. The Hall–Kier alpha value is -3.11. The molecule has 0 bridgehead atoms. The normalized spacial score (nSPS) is 16.6. The maximum Gasteiger partial charge on any atom is 0.234 e. The van der Waals surface area contributed by atoms with Crippen molar-refractivity contribution in [1.82, 2.24) is 10.2 Å². The van der Waals surface area contributed by atoms with Crippen molar-refractivity contribution in [1.29, 1.82) is 0 Å². The molecule has 5 rings (SSSR count). The number of likely N-dealkylation sites (tertiary alicyclic amines) is 1. The molecule has 1 saturated heterocycles. The van der Waals surface area contributed by atoms with E-state index >= 15 is 0 Å². The Labute approximate surface area is 196 Å². The molecule has 0 aromatic heterocycles. The number of amides is 1. The molecule has 0 atom stereocenters. The van der Waals surface area contributed by atoms with Crippen molar-refractivity contribution in [3.8, 4) is 11.5 Å². The highest BCUT2D eigenvalue weighted by molar-refractivity contribution is 5.89. The third kappa shape index (κ3) is 4.67. The average molecular weight is 441 g/mol. The predicted octanol–water partition coefficient (Wildman–Crippen LogP) is 5.53. The molecular weight excluding hydrogens is 408 g/mol. The molecule has 0 unspecified atom stereocenters. The van der Waals surface area contributed by atoms with Gasteiger partial charge in [-0.1, -0.05) is 66.7 Å². The Balaban J connectivity index is 1.26. The van der Waals surface area contributed by atoms with Crippen LogP contribution in [0.3, 0.4) is 0 Å². The number of ether oxygens (including phenoxy) is 1. The molecule has 4 nitrogen and oxygen atoms in total. The van der Waals surface area contributed by atoms with E-state index in [-0.39, 0.29) is 17.4 Å². The lowest BCUT2D eigenvalue weighted by Gasteiger charge is -2.39. The molecule has 1 amide bonds. The largest absolute Gasteiger partial charge is 0.457 e. The number of fused-ring (bicyclic) bond motifs is 2. The molecule has 4 heteroatoms. The van der Waals surface area contributed by atoms with Gasteiger partial charge in [-0.15, -0.1) is 0 Å². The first-order valence-electron chi connectivity index (χ1n) is 12.0. The maximum absolute atomic E-state index is 13.8. The van der Waals surface area contributed by atoms with E-state index in [2.05, 4.69) is 49.5 Å². The van der Waals surface area contributed by atoms with Crippen molar-refractivity contribution >= 4 is 5.91 Å². The minimum atomic E-state index is -0.301. The lowest BCUT2D eigenvalue weighted by molar-refractivity contribution is -0.133. The minimum absolute atomic E-state index is 0.0107. The van der Waals surface area contributed by atoms with Crippen molar-refractivity contribution < 1.29 is 9.53 Å². The lowest BCUT2D eigenvalue weighted by atomic mass is 9.86. The number of benzene rings is 3. The van der Waals surface area contributed by atoms with Gasteiger partial charge in [0.1, 0.15) is 11.5 Å². The minimum Gasteiger partial charge on any atom is -0.457 e. The van der Waals surface area contributed by atoms with Crippen molar-refractivity contribution in [3.05, 3.63) is 95.6 Å². The lowest BCUT2D eigenvalue weighted by Crippen LogP contribution is -2.53. The summed E-state index contributed by atoms with van der Waals surface area (Å²) in [7, 11) is 0. The third-order valence-electron chi connectivity index (χ3n) is 6.82. The quantitative estimate of drug-likeness (QED) is 0.567. The van der Waals surface area contributed by atoms with E-state index in [1.54, 1.807) is 0 Å². The number of rotatable bonds is 5. The molecular formula is C29H32N2O2. The van der Waals surface area contributed by atoms with Crippen LogP contribution in [0.25, 0.3) is 0 Å². The number of carbonyl (C=O) groups excluding carboxylic acids is 1. The summed E-state index contributed by atoms with van der Waals surface area (Å²) in [6.07, 6.45) is 2.93. The first-order chi connectivity index (χ1) is 16.0. The van der Waals surface area contributed by atoms with Crippen LogP contribution in [-0.2, 0) is 11.2 Å². The van der Waals surface area contributed by atoms with E-state index in [0.717, 1.165) is 55.0 Å². The van der Waals surface area contributed by atoms with Crippen molar-refractivity contribution in [2.45, 2.75) is 50.6 Å². The standard InChI is InChI=1S/C29H32N2O2/c1-29(2,20-21-10-4-3-5-11-21)30-22-16-18-31(19-17-22)28(32)27-23-12-6-8-14-25(23)33-26-15-9-7-13-24(26)27/h3-15,22,27,30H,16-20H2,1-2H3. The average Bonchev–Trinajstić information content (AvgIpc) is 2.82. The van der Waals surface area contributed by atoms with Crippen LogP contribution < -0.4 is 10.1 Å². The number of nitrogens with zero attached hydrogens (tertiary/aromatic N) is 1. The van der Waals surface area contributed by atoms with Crippen LogP contribution in [0.2, 0.25) is 0 Å². The predicted molar refractivity (Wildman–Crippen MR) is 132 cm³/mol. The van der Waals surface area contributed by atoms with Gasteiger partial charge in [0.25, 0.3) is 0 Å². The summed E-state index contributed by atoms with van der Waals surface area (Å²) in [4.78, 5) is 15.8. The van der Waals surface area contributed by atoms with Gasteiger partial charge in [-0.2, -0.15) is 0 Å². The van der Waals surface area contributed by atoms with Gasteiger partial charge in [0.2, 0.25) is 5.91 Å². The molecule has 33 heavy (non-hydrogen) atoms. The van der Waals surface area contributed by atoms with Gasteiger partial charge in [0.15, 0.2) is 0 Å². The SMILES string of the molecule is CC(C)(Cc1ccccc1)NC1CCN(C(=O)C2c3ccccc3Oc3ccccc32)CC1. The van der Waals surface area contributed by atoms with Crippen molar-refractivity contribution in [3.63, 3.8) is 0 Å². The van der Waals surface area contributed by atoms with Crippen LogP contribution in [-0.4, -0.2) is 35.5 Å². The first-order valence-corrected chi connectivity index (χ1v) is 12.0. The summed E-state index contributed by atoms with van der Waals surface area (Å²) >= 11 is 0. The molecule has 0 radical (unpaired) electrons. The molecule has 2 heterocycles. The zero-order chi connectivity index (χ0) is 22.8. The Morgan fingerprint density at radius 1 is 0.879 bits per heavy atom. The van der Waals surface area contributed by atoms with Crippen LogP contribution in [0.15, 0.2) is 78.9 Å². The molecule has 2 aliphatic heterocycles. The molecule has 2 aliphatic rings. The Bertz CT molecular complexity index is 1070. The van der Waals surface area contributed by atoms with Gasteiger partial charge >= 0.3 is 0 Å². The number of carbonyl (C=O) groups is 1. The van der Waals surface area contributed by atoms with Crippen LogP contribution in [0.4, 0.5) is 0 Å². The van der Waals surface area contributed by atoms with Crippen molar-refractivity contribution in [2.75, 3.05) is 13.1 Å². The monoisotopic (exact) mass is 440 g/mol. The van der Waals surface area contributed by atoms with Crippen LogP contribution in [0.1, 0.15) is 49.3 Å². The third-order valence-corrected chi connectivity index (χ3v) is 6.82. The Morgan fingerprint density at radius 2 is 1.42 bits per heavy atom. The summed E-state index contributed by atoms with van der Waals surface area (Å²) in [5.74, 6) is 1.45. The zero-order valence-corrected chi connectivity index (χ0v) is 19.5. The number of piperidine rings is 1. The van der Waals surface area contributed by atoms with Gasteiger partial charge < -0.3 is 15.0 Å². The second-order valence-corrected chi connectivity index (χ2v) is 9.90. The van der Waals surface area contributed by atoms with E-state index in [1.807, 2.05) is 53.4 Å². The van der Waals surface area contributed by atoms with Gasteiger partial charge in [-0.3, -0.25) is 4.79 Å². The van der Waals surface area contributed by atoms with E-state index in [4.69, 9.17) is 4.74 Å². The summed E-state index contributed by atoms with van der Waals surface area (Å²) in [5, 5.41) is 3.86. The smallest absolute Gasteiger partial charge is 0.234 e. The van der Waals surface area contributed by atoms with E-state index in [0.29, 0.717) is 6.04 Å². The van der Waals surface area contributed by atoms with Crippen molar-refractivity contribution in [2.24, 2.45) is 0 Å². The van der Waals surface area contributed by atoms with Gasteiger partial charge in [0.05, 0.1) is 5.92 Å². The molecule has 0 spiro atoms. The van der Waals surface area contributed by atoms with E-state index in [1.165, 1.54) is 5.56 Å². The maximum atomic E-state index is 13.8. The highest BCUT2D eigenvalue weighted by atomic mass is 16.5. The number of hydrogen-bond acceptors (Lipinski definition) is 3. The molecule has 1 N–H and O–H groups in total. The summed E-state index contributed by atoms with van der Waals surface area (Å²) in [6, 6.07) is 26.9. The fraction of sp³-hybridized carbons (Fsp3) is 0.345. The van der Waals surface area contributed by atoms with E-state index in [9.17, 15) is 4.79 Å². The highest BCUT2D eigenvalue weighted by Gasteiger charge is 2.36. The zero-order valence-electron chi connectivity index (χ0n) is 19.5. The second-order valence-electron chi connectivity index (χ2n) is 9.90. The fourth-order valence-electron chi connectivity index (χ4n) is 5.31. The van der Waals surface area contributed by atoms with Crippen LogP contribution >= 0.6 is 0 Å². The van der Waals surface area contributed by atoms with Gasteiger partial charge in [-0.05, 0) is 50.8 Å². The highest BCUT2D eigenvalue weighted by Crippen LogP contribution is 2.44. The Morgan fingerprint density at radius 3 is 2.03 bits per heavy atom. The first kappa shape index (κ1) is 21.7. The summed E-state index contributed by atoms with van der Waals surface area (Å²) < 4.78 is 6.09. The number of para-hydroxylation sites is 2. The van der Waals surface area contributed by atoms with Crippen LogP contribution in [0.5, 0.6) is 11.5 Å². The Kier molecular flexibility index (Phi) is 5.94. The second kappa shape index (κ2) is 9.03.